The lowest BCUT2D eigenvalue weighted by molar-refractivity contribution is -0.384. The Labute approximate surface area is 129 Å². The topological polar surface area (TPSA) is 55.2 Å². The SMILES string of the molecule is O=[N+]([O-])c1ccc(Br)c(NC(c2cccs2)C2CC2)c1. The first-order chi connectivity index (χ1) is 9.65. The number of nitro groups is 1. The summed E-state index contributed by atoms with van der Waals surface area (Å²) in [7, 11) is 0. The van der Waals surface area contributed by atoms with Gasteiger partial charge in [0.25, 0.3) is 5.69 Å². The lowest BCUT2D eigenvalue weighted by Crippen LogP contribution is -2.12. The molecule has 3 rings (SSSR count). The third-order valence-electron chi connectivity index (χ3n) is 3.41. The van der Waals surface area contributed by atoms with Crippen LogP contribution < -0.4 is 5.32 Å². The van der Waals surface area contributed by atoms with Crippen molar-refractivity contribution in [3.8, 4) is 0 Å². The number of anilines is 1. The molecule has 1 fully saturated rings. The van der Waals surface area contributed by atoms with Crippen LogP contribution in [0.15, 0.2) is 40.2 Å². The van der Waals surface area contributed by atoms with E-state index < -0.39 is 0 Å². The molecular weight excluding hydrogens is 340 g/mol. The highest BCUT2D eigenvalue weighted by Crippen LogP contribution is 2.45. The summed E-state index contributed by atoms with van der Waals surface area (Å²) in [5.41, 5.74) is 0.890. The Bertz CT molecular complexity index is 626. The van der Waals surface area contributed by atoms with Crippen molar-refractivity contribution in [3.05, 3.63) is 55.2 Å². The van der Waals surface area contributed by atoms with Gasteiger partial charge >= 0.3 is 0 Å². The lowest BCUT2D eigenvalue weighted by Gasteiger charge is -2.19. The maximum Gasteiger partial charge on any atom is 0.271 e. The van der Waals surface area contributed by atoms with E-state index in [9.17, 15) is 10.1 Å². The molecule has 1 N–H and O–H groups in total. The molecule has 1 aliphatic carbocycles. The molecule has 0 aliphatic heterocycles. The summed E-state index contributed by atoms with van der Waals surface area (Å²) in [6.07, 6.45) is 2.42. The lowest BCUT2D eigenvalue weighted by atomic mass is 10.1. The van der Waals surface area contributed by atoms with Crippen LogP contribution in [0.2, 0.25) is 0 Å². The molecule has 0 radical (unpaired) electrons. The number of hydrogen-bond donors (Lipinski definition) is 1. The molecule has 0 bridgehead atoms. The molecule has 104 valence electrons. The molecule has 1 atom stereocenters. The van der Waals surface area contributed by atoms with Crippen molar-refractivity contribution in [3.63, 3.8) is 0 Å². The van der Waals surface area contributed by atoms with Gasteiger partial charge in [-0.05, 0) is 52.2 Å². The van der Waals surface area contributed by atoms with E-state index >= 15 is 0 Å². The first kappa shape index (κ1) is 13.6. The molecule has 0 amide bonds. The Balaban J connectivity index is 1.88. The minimum absolute atomic E-state index is 0.108. The van der Waals surface area contributed by atoms with Gasteiger partial charge in [0, 0.05) is 21.5 Å². The van der Waals surface area contributed by atoms with Crippen molar-refractivity contribution >= 4 is 38.6 Å². The molecule has 4 nitrogen and oxygen atoms in total. The molecule has 20 heavy (non-hydrogen) atoms. The van der Waals surface area contributed by atoms with Crippen molar-refractivity contribution in [1.29, 1.82) is 0 Å². The Kier molecular flexibility index (Phi) is 3.76. The predicted molar refractivity (Wildman–Crippen MR) is 84.2 cm³/mol. The van der Waals surface area contributed by atoms with E-state index in [1.54, 1.807) is 23.5 Å². The van der Waals surface area contributed by atoms with Gasteiger partial charge in [-0.25, -0.2) is 0 Å². The van der Waals surface area contributed by atoms with Crippen LogP contribution in [0.5, 0.6) is 0 Å². The van der Waals surface area contributed by atoms with Crippen LogP contribution in [-0.4, -0.2) is 4.92 Å². The fraction of sp³-hybridized carbons (Fsp3) is 0.286. The number of hydrogen-bond acceptors (Lipinski definition) is 4. The van der Waals surface area contributed by atoms with Gasteiger partial charge in [0.2, 0.25) is 0 Å². The van der Waals surface area contributed by atoms with E-state index in [4.69, 9.17) is 0 Å². The third-order valence-corrected chi connectivity index (χ3v) is 5.06. The van der Waals surface area contributed by atoms with Crippen molar-refractivity contribution in [2.45, 2.75) is 18.9 Å². The largest absolute Gasteiger partial charge is 0.376 e. The number of non-ortho nitro benzene ring substituents is 1. The first-order valence-corrected chi connectivity index (χ1v) is 8.06. The first-order valence-electron chi connectivity index (χ1n) is 6.39. The second-order valence-corrected chi connectivity index (χ2v) is 6.73. The van der Waals surface area contributed by atoms with Gasteiger partial charge in [-0.1, -0.05) is 6.07 Å². The zero-order valence-electron chi connectivity index (χ0n) is 10.6. The monoisotopic (exact) mass is 352 g/mol. The van der Waals surface area contributed by atoms with Crippen molar-refractivity contribution in [2.24, 2.45) is 5.92 Å². The maximum absolute atomic E-state index is 10.9. The highest BCUT2D eigenvalue weighted by Gasteiger charge is 2.33. The highest BCUT2D eigenvalue weighted by atomic mass is 79.9. The van der Waals surface area contributed by atoms with E-state index in [1.165, 1.54) is 23.8 Å². The second-order valence-electron chi connectivity index (χ2n) is 4.90. The minimum atomic E-state index is -0.366. The van der Waals surface area contributed by atoms with Crippen LogP contribution in [0.3, 0.4) is 0 Å². The fourth-order valence-corrected chi connectivity index (χ4v) is 3.45. The highest BCUT2D eigenvalue weighted by molar-refractivity contribution is 9.10. The summed E-state index contributed by atoms with van der Waals surface area (Å²) < 4.78 is 0.852. The van der Waals surface area contributed by atoms with Crippen molar-refractivity contribution < 1.29 is 4.92 Å². The summed E-state index contributed by atoms with van der Waals surface area (Å²) in [6.45, 7) is 0. The number of rotatable bonds is 5. The molecule has 6 heteroatoms. The standard InChI is InChI=1S/C14H13BrN2O2S/c15-11-6-5-10(17(18)19)8-12(11)16-14(9-3-4-9)13-2-1-7-20-13/h1-2,5-9,14,16H,3-4H2. The third kappa shape index (κ3) is 2.86. The molecular formula is C14H13BrN2O2S. The van der Waals surface area contributed by atoms with Crippen molar-refractivity contribution in [2.75, 3.05) is 5.32 Å². The number of nitrogens with one attached hydrogen (secondary N) is 1. The van der Waals surface area contributed by atoms with Crippen LogP contribution in [0, 0.1) is 16.0 Å². The van der Waals surface area contributed by atoms with Gasteiger partial charge in [-0.3, -0.25) is 10.1 Å². The summed E-state index contributed by atoms with van der Waals surface area (Å²) in [5, 5.41) is 16.4. The van der Waals surface area contributed by atoms with E-state index in [-0.39, 0.29) is 16.7 Å². The van der Waals surface area contributed by atoms with Gasteiger partial charge in [-0.15, -0.1) is 11.3 Å². The average Bonchev–Trinajstić information content (AvgIpc) is 3.12. The summed E-state index contributed by atoms with van der Waals surface area (Å²) >= 11 is 5.18. The molecule has 0 saturated heterocycles. The quantitative estimate of drug-likeness (QED) is 0.609. The maximum atomic E-state index is 10.9. The summed E-state index contributed by atoms with van der Waals surface area (Å²) in [4.78, 5) is 11.8. The van der Waals surface area contributed by atoms with E-state index in [0.717, 1.165) is 10.2 Å². The number of halogens is 1. The average molecular weight is 353 g/mol. The molecule has 1 aromatic heterocycles. The predicted octanol–water partition coefficient (Wildman–Crippen LogP) is 4.98. The zero-order valence-corrected chi connectivity index (χ0v) is 13.0. The molecule has 1 saturated carbocycles. The summed E-state index contributed by atoms with van der Waals surface area (Å²) in [6, 6.07) is 9.22. The summed E-state index contributed by atoms with van der Waals surface area (Å²) in [5.74, 6) is 0.625. The van der Waals surface area contributed by atoms with Crippen LogP contribution in [0.4, 0.5) is 11.4 Å². The number of nitrogens with zero attached hydrogens (tertiary/aromatic N) is 1. The van der Waals surface area contributed by atoms with Crippen molar-refractivity contribution in [1.82, 2.24) is 0 Å². The van der Waals surface area contributed by atoms with E-state index in [1.807, 2.05) is 6.07 Å². The Morgan fingerprint density at radius 3 is 2.80 bits per heavy atom. The van der Waals surface area contributed by atoms with Crippen LogP contribution in [0.1, 0.15) is 23.8 Å². The normalized spacial score (nSPS) is 15.8. The van der Waals surface area contributed by atoms with E-state index in [0.29, 0.717) is 5.92 Å². The molecule has 2 aromatic rings. The van der Waals surface area contributed by atoms with E-state index in [2.05, 4.69) is 32.7 Å². The number of benzene rings is 1. The van der Waals surface area contributed by atoms with Crippen LogP contribution in [-0.2, 0) is 0 Å². The number of thiophene rings is 1. The van der Waals surface area contributed by atoms with Gasteiger partial charge in [0.1, 0.15) is 0 Å². The Hall–Kier alpha value is -1.40. The van der Waals surface area contributed by atoms with Gasteiger partial charge in [-0.2, -0.15) is 0 Å². The zero-order chi connectivity index (χ0) is 14.1. The van der Waals surface area contributed by atoms with Crippen LogP contribution in [0.25, 0.3) is 0 Å². The molecule has 1 aromatic carbocycles. The van der Waals surface area contributed by atoms with Gasteiger partial charge < -0.3 is 5.32 Å². The van der Waals surface area contributed by atoms with Gasteiger partial charge in [0.15, 0.2) is 0 Å². The molecule has 1 heterocycles. The Morgan fingerprint density at radius 1 is 1.40 bits per heavy atom. The smallest absolute Gasteiger partial charge is 0.271 e. The van der Waals surface area contributed by atoms with Gasteiger partial charge in [0.05, 0.1) is 16.7 Å². The molecule has 1 aliphatic rings. The second kappa shape index (κ2) is 5.54. The fourth-order valence-electron chi connectivity index (χ4n) is 2.22. The minimum Gasteiger partial charge on any atom is -0.376 e. The molecule has 0 spiro atoms. The van der Waals surface area contributed by atoms with Crippen LogP contribution >= 0.6 is 27.3 Å². The number of nitro benzene ring substituents is 1. The Morgan fingerprint density at radius 2 is 2.20 bits per heavy atom. The molecule has 1 unspecified atom stereocenters.